The van der Waals surface area contributed by atoms with Crippen LogP contribution in [0.15, 0.2) is 4.99 Å². The molecule has 0 rings (SSSR count). The molecule has 0 aromatic heterocycles. The molecule has 0 fully saturated rings. The Hall–Kier alpha value is -1.19. The lowest BCUT2D eigenvalue weighted by Crippen LogP contribution is -2.49. The summed E-state index contributed by atoms with van der Waals surface area (Å²) in [5.41, 5.74) is -2.55. The first-order chi connectivity index (χ1) is 6.65. The van der Waals surface area contributed by atoms with Gasteiger partial charge in [-0.2, -0.15) is 4.99 Å². The minimum absolute atomic E-state index is 0.462. The van der Waals surface area contributed by atoms with Crippen LogP contribution in [0.25, 0.3) is 0 Å². The molecule has 1 N–H and O–H groups in total. The number of carbonyl (C=O) groups excluding carboxylic acids is 1. The number of hydrogen-bond donors (Lipinski definition) is 1. The Labute approximate surface area is 89.1 Å². The largest absolute Gasteiger partial charge is 0.478 e. The molecule has 0 aromatic rings. The number of carboxylic acids is 1. The maximum Gasteiger partial charge on any atom is 0.360 e. The van der Waals surface area contributed by atoms with Gasteiger partial charge in [0.1, 0.15) is 0 Å². The lowest BCUT2D eigenvalue weighted by atomic mass is 9.98. The first-order valence-corrected chi connectivity index (χ1v) is 4.68. The van der Waals surface area contributed by atoms with Crippen LogP contribution in [0.3, 0.4) is 0 Å². The summed E-state index contributed by atoms with van der Waals surface area (Å²) in [6.45, 7) is 8.36. The molecule has 0 aliphatic heterocycles. The van der Waals surface area contributed by atoms with Crippen LogP contribution < -0.4 is 0 Å². The van der Waals surface area contributed by atoms with Gasteiger partial charge in [0.05, 0.1) is 5.60 Å². The van der Waals surface area contributed by atoms with Crippen molar-refractivity contribution < 1.29 is 19.4 Å². The standard InChI is InChI=1S/C10H17NO4/c1-7(2)10(8(13)14,11-6-12)15-9(3,4)5/h7H,1-5H3,(H,13,14). The third-order valence-electron chi connectivity index (χ3n) is 1.76. The summed E-state index contributed by atoms with van der Waals surface area (Å²) in [5.74, 6) is -1.74. The van der Waals surface area contributed by atoms with Crippen LogP contribution in [0, 0.1) is 5.92 Å². The third kappa shape index (κ3) is 3.46. The van der Waals surface area contributed by atoms with Gasteiger partial charge in [0.15, 0.2) is 0 Å². The van der Waals surface area contributed by atoms with E-state index < -0.39 is 23.2 Å². The van der Waals surface area contributed by atoms with Crippen LogP contribution in [0.4, 0.5) is 0 Å². The van der Waals surface area contributed by atoms with E-state index in [4.69, 9.17) is 9.84 Å². The molecule has 0 heterocycles. The van der Waals surface area contributed by atoms with Gasteiger partial charge in [0.2, 0.25) is 6.08 Å². The van der Waals surface area contributed by atoms with Crippen LogP contribution in [0.1, 0.15) is 34.6 Å². The molecule has 0 saturated heterocycles. The Morgan fingerprint density at radius 2 is 1.87 bits per heavy atom. The van der Waals surface area contributed by atoms with Gasteiger partial charge in [0.25, 0.3) is 5.72 Å². The van der Waals surface area contributed by atoms with Crippen LogP contribution in [0.5, 0.6) is 0 Å². The smallest absolute Gasteiger partial charge is 0.360 e. The lowest BCUT2D eigenvalue weighted by Gasteiger charge is -2.34. The molecule has 5 nitrogen and oxygen atoms in total. The molecule has 1 atom stereocenters. The van der Waals surface area contributed by atoms with Crippen LogP contribution >= 0.6 is 0 Å². The highest BCUT2D eigenvalue weighted by Crippen LogP contribution is 2.29. The van der Waals surface area contributed by atoms with Gasteiger partial charge in [0, 0.05) is 5.92 Å². The third-order valence-corrected chi connectivity index (χ3v) is 1.76. The minimum Gasteiger partial charge on any atom is -0.478 e. The van der Waals surface area contributed by atoms with Crippen molar-refractivity contribution >= 4 is 12.0 Å². The molecule has 5 heteroatoms. The molecule has 0 aliphatic rings. The Bertz CT molecular complexity index is 282. The summed E-state index contributed by atoms with van der Waals surface area (Å²) in [5, 5.41) is 9.09. The second-order valence-corrected chi connectivity index (χ2v) is 4.57. The summed E-state index contributed by atoms with van der Waals surface area (Å²) in [4.78, 5) is 24.7. The van der Waals surface area contributed by atoms with Crippen molar-refractivity contribution in [2.24, 2.45) is 10.9 Å². The van der Waals surface area contributed by atoms with Gasteiger partial charge in [-0.25, -0.2) is 9.59 Å². The van der Waals surface area contributed by atoms with Crippen LogP contribution in [-0.2, 0) is 14.3 Å². The molecule has 15 heavy (non-hydrogen) atoms. The van der Waals surface area contributed by atoms with E-state index in [0.29, 0.717) is 0 Å². The lowest BCUT2D eigenvalue weighted by molar-refractivity contribution is -0.192. The van der Waals surface area contributed by atoms with Crippen molar-refractivity contribution in [3.05, 3.63) is 0 Å². The zero-order valence-electron chi connectivity index (χ0n) is 9.70. The van der Waals surface area contributed by atoms with E-state index in [9.17, 15) is 9.59 Å². The number of nitrogens with zero attached hydrogens (tertiary/aromatic N) is 1. The summed E-state index contributed by atoms with van der Waals surface area (Å²) < 4.78 is 5.36. The molecule has 86 valence electrons. The molecule has 0 spiro atoms. The molecule has 0 aliphatic carbocycles. The minimum atomic E-state index is -1.85. The van der Waals surface area contributed by atoms with Gasteiger partial charge in [-0.15, -0.1) is 0 Å². The average molecular weight is 215 g/mol. The van der Waals surface area contributed by atoms with Crippen molar-refractivity contribution in [2.75, 3.05) is 0 Å². The number of carboxylic acid groups (broad SMARTS) is 1. The predicted octanol–water partition coefficient (Wildman–Crippen LogP) is 1.57. The normalized spacial score (nSPS) is 15.6. The number of hydrogen-bond acceptors (Lipinski definition) is 4. The highest BCUT2D eigenvalue weighted by Gasteiger charge is 2.46. The molecule has 0 aromatic carbocycles. The molecule has 0 bridgehead atoms. The maximum atomic E-state index is 11.1. The first-order valence-electron chi connectivity index (χ1n) is 4.68. The van der Waals surface area contributed by atoms with E-state index in [0.717, 1.165) is 0 Å². The Morgan fingerprint density at radius 1 is 1.40 bits per heavy atom. The molecule has 0 radical (unpaired) electrons. The maximum absolute atomic E-state index is 11.1. The average Bonchev–Trinajstić information content (AvgIpc) is 1.99. The summed E-state index contributed by atoms with van der Waals surface area (Å²) in [6, 6.07) is 0. The predicted molar refractivity (Wildman–Crippen MR) is 54.2 cm³/mol. The second kappa shape index (κ2) is 4.55. The fourth-order valence-corrected chi connectivity index (χ4v) is 1.14. The number of aliphatic carboxylic acids is 1. The molecule has 0 saturated carbocycles. The fraction of sp³-hybridized carbons (Fsp3) is 0.800. The second-order valence-electron chi connectivity index (χ2n) is 4.57. The number of isocyanates is 1. The van der Waals surface area contributed by atoms with E-state index in [2.05, 4.69) is 4.99 Å². The summed E-state index contributed by atoms with van der Waals surface area (Å²) in [7, 11) is 0. The molecule has 1 unspecified atom stereocenters. The van der Waals surface area contributed by atoms with E-state index in [-0.39, 0.29) is 0 Å². The van der Waals surface area contributed by atoms with Gasteiger partial charge in [-0.05, 0) is 20.8 Å². The Morgan fingerprint density at radius 3 is 2.07 bits per heavy atom. The van der Waals surface area contributed by atoms with Crippen molar-refractivity contribution in [1.82, 2.24) is 0 Å². The van der Waals surface area contributed by atoms with Crippen LogP contribution in [-0.4, -0.2) is 28.5 Å². The molecule has 0 amide bonds. The quantitative estimate of drug-likeness (QED) is 0.570. The van der Waals surface area contributed by atoms with Gasteiger partial charge in [-0.1, -0.05) is 13.8 Å². The topological polar surface area (TPSA) is 76.0 Å². The van der Waals surface area contributed by atoms with E-state index in [1.807, 2.05) is 0 Å². The van der Waals surface area contributed by atoms with Crippen LogP contribution in [0.2, 0.25) is 0 Å². The number of carbonyl (C=O) groups is 1. The van der Waals surface area contributed by atoms with Gasteiger partial charge < -0.3 is 9.84 Å². The highest BCUT2D eigenvalue weighted by atomic mass is 16.6. The SMILES string of the molecule is CC(C)C(N=C=O)(OC(C)(C)C)C(=O)O. The van der Waals surface area contributed by atoms with E-state index in [1.54, 1.807) is 34.6 Å². The van der Waals surface area contributed by atoms with Crippen molar-refractivity contribution in [1.29, 1.82) is 0 Å². The molecular formula is C10H17NO4. The number of aliphatic imine (C=N–C) groups is 1. The van der Waals surface area contributed by atoms with Crippen molar-refractivity contribution in [2.45, 2.75) is 45.9 Å². The monoisotopic (exact) mass is 215 g/mol. The van der Waals surface area contributed by atoms with E-state index in [1.165, 1.54) is 6.08 Å². The first kappa shape index (κ1) is 13.8. The molecular weight excluding hydrogens is 198 g/mol. The fourth-order valence-electron chi connectivity index (χ4n) is 1.14. The van der Waals surface area contributed by atoms with Gasteiger partial charge >= 0.3 is 5.97 Å². The van der Waals surface area contributed by atoms with Crippen molar-refractivity contribution in [3.8, 4) is 0 Å². The van der Waals surface area contributed by atoms with E-state index >= 15 is 0 Å². The van der Waals surface area contributed by atoms with Gasteiger partial charge in [-0.3, -0.25) is 0 Å². The Balaban J connectivity index is 5.33. The summed E-state index contributed by atoms with van der Waals surface area (Å²) in [6.07, 6.45) is 1.26. The summed E-state index contributed by atoms with van der Waals surface area (Å²) >= 11 is 0. The Kier molecular flexibility index (Phi) is 4.19. The number of ether oxygens (including phenoxy) is 1. The van der Waals surface area contributed by atoms with Crippen molar-refractivity contribution in [3.63, 3.8) is 0 Å². The number of rotatable bonds is 4. The zero-order chi connectivity index (χ0) is 12.3. The zero-order valence-corrected chi connectivity index (χ0v) is 9.70. The highest BCUT2D eigenvalue weighted by molar-refractivity contribution is 5.78.